The van der Waals surface area contributed by atoms with Crippen LogP contribution in [0.2, 0.25) is 5.02 Å². The van der Waals surface area contributed by atoms with Crippen molar-refractivity contribution >= 4 is 40.5 Å². The van der Waals surface area contributed by atoms with E-state index in [1.807, 2.05) is 52.7 Å². The van der Waals surface area contributed by atoms with Gasteiger partial charge < -0.3 is 9.73 Å². The van der Waals surface area contributed by atoms with E-state index in [2.05, 4.69) is 10.4 Å². The van der Waals surface area contributed by atoms with Crippen molar-refractivity contribution in [3.63, 3.8) is 0 Å². The molecule has 2 atom stereocenters. The Hall–Kier alpha value is -2.94. The van der Waals surface area contributed by atoms with Crippen LogP contribution in [-0.2, 0) is 9.59 Å². The van der Waals surface area contributed by atoms with E-state index < -0.39 is 6.04 Å². The van der Waals surface area contributed by atoms with E-state index in [1.165, 1.54) is 5.01 Å². The van der Waals surface area contributed by atoms with Crippen LogP contribution in [0.4, 0.5) is 0 Å². The van der Waals surface area contributed by atoms with E-state index in [9.17, 15) is 9.59 Å². The molecule has 0 radical (unpaired) electrons. The molecule has 1 saturated heterocycles. The number of benzene rings is 1. The van der Waals surface area contributed by atoms with Crippen molar-refractivity contribution in [1.29, 1.82) is 0 Å². The van der Waals surface area contributed by atoms with Crippen molar-refractivity contribution in [2.75, 3.05) is 19.6 Å². The summed E-state index contributed by atoms with van der Waals surface area (Å²) in [7, 11) is 0. The molecule has 0 bridgehead atoms. The highest BCUT2D eigenvalue weighted by Gasteiger charge is 2.39. The minimum atomic E-state index is -0.633. The van der Waals surface area contributed by atoms with Gasteiger partial charge in [0.1, 0.15) is 17.8 Å². The van der Waals surface area contributed by atoms with Gasteiger partial charge in [0.2, 0.25) is 5.91 Å². The zero-order valence-electron chi connectivity index (χ0n) is 17.1. The molecule has 1 aromatic carbocycles. The van der Waals surface area contributed by atoms with Crippen molar-refractivity contribution in [2.24, 2.45) is 5.10 Å². The second-order valence-corrected chi connectivity index (χ2v) is 9.04. The molecule has 32 heavy (non-hydrogen) atoms. The molecule has 1 N–H and O–H groups in total. The second-order valence-electron chi connectivity index (χ2n) is 7.68. The van der Waals surface area contributed by atoms with Gasteiger partial charge in [-0.3, -0.25) is 14.5 Å². The number of hydrogen-bond acceptors (Lipinski definition) is 6. The third kappa shape index (κ3) is 3.97. The Morgan fingerprint density at radius 3 is 2.84 bits per heavy atom. The highest BCUT2D eigenvalue weighted by atomic mass is 35.5. The van der Waals surface area contributed by atoms with Crippen LogP contribution in [0.25, 0.3) is 0 Å². The molecule has 164 valence electrons. The molecule has 2 unspecified atom stereocenters. The summed E-state index contributed by atoms with van der Waals surface area (Å²) < 4.78 is 5.62. The summed E-state index contributed by atoms with van der Waals surface area (Å²) in [5.74, 6) is 0.335. The summed E-state index contributed by atoms with van der Waals surface area (Å²) in [4.78, 5) is 29.1. The number of nitrogens with zero attached hydrogens (tertiary/aromatic N) is 3. The van der Waals surface area contributed by atoms with Crippen molar-refractivity contribution in [1.82, 2.24) is 15.2 Å². The van der Waals surface area contributed by atoms with Crippen molar-refractivity contribution in [3.8, 4) is 0 Å². The molecular weight excluding hydrogens is 448 g/mol. The Labute approximate surface area is 194 Å². The molecular formula is C23H21ClN4O3S. The van der Waals surface area contributed by atoms with Gasteiger partial charge in [-0.1, -0.05) is 35.9 Å². The van der Waals surface area contributed by atoms with E-state index in [1.54, 1.807) is 23.7 Å². The average molecular weight is 469 g/mol. The summed E-state index contributed by atoms with van der Waals surface area (Å²) in [6.07, 6.45) is 2.18. The summed E-state index contributed by atoms with van der Waals surface area (Å²) in [5.41, 5.74) is 1.54. The van der Waals surface area contributed by atoms with Crippen LogP contribution in [0.15, 0.2) is 69.7 Å². The number of piperazine rings is 1. The van der Waals surface area contributed by atoms with Crippen LogP contribution in [0.1, 0.15) is 34.7 Å². The number of carbonyl (C=O) groups excluding carboxylic acids is 2. The predicted octanol–water partition coefficient (Wildman–Crippen LogP) is 3.85. The van der Waals surface area contributed by atoms with Crippen molar-refractivity contribution < 1.29 is 14.0 Å². The topological polar surface area (TPSA) is 78.2 Å². The number of hydrazone groups is 1. The fourth-order valence-corrected chi connectivity index (χ4v) is 5.16. The monoisotopic (exact) mass is 468 g/mol. The SMILES string of the molecule is O=C1NCCN(CC(=O)N2N=C(c3cccs3)CC2c2ccco2)C1c1ccccc1Cl. The van der Waals surface area contributed by atoms with Gasteiger partial charge in [0.25, 0.3) is 5.91 Å². The third-order valence-corrected chi connectivity index (χ3v) is 6.96. The number of amides is 2. The highest BCUT2D eigenvalue weighted by Crippen LogP contribution is 2.35. The van der Waals surface area contributed by atoms with Gasteiger partial charge in [-0.15, -0.1) is 11.3 Å². The maximum Gasteiger partial charge on any atom is 0.257 e. The molecule has 0 spiro atoms. The number of hydrogen-bond donors (Lipinski definition) is 1. The Balaban J connectivity index is 1.42. The van der Waals surface area contributed by atoms with Crippen LogP contribution in [0, 0.1) is 0 Å². The average Bonchev–Trinajstić information content (AvgIpc) is 3.55. The van der Waals surface area contributed by atoms with Crippen molar-refractivity contribution in [2.45, 2.75) is 18.5 Å². The number of furan rings is 1. The van der Waals surface area contributed by atoms with Crippen LogP contribution in [0.5, 0.6) is 0 Å². The van der Waals surface area contributed by atoms with Crippen LogP contribution in [-0.4, -0.2) is 47.1 Å². The maximum atomic E-state index is 13.5. The maximum absolute atomic E-state index is 13.5. The lowest BCUT2D eigenvalue weighted by molar-refractivity contribution is -0.138. The molecule has 2 aromatic heterocycles. The fourth-order valence-electron chi connectivity index (χ4n) is 4.20. The first-order valence-corrected chi connectivity index (χ1v) is 11.6. The molecule has 7 nitrogen and oxygen atoms in total. The van der Waals surface area contributed by atoms with Gasteiger partial charge in [0, 0.05) is 24.5 Å². The quantitative estimate of drug-likeness (QED) is 0.617. The first kappa shape index (κ1) is 20.9. The van der Waals surface area contributed by atoms with Crippen molar-refractivity contribution in [3.05, 3.63) is 81.4 Å². The molecule has 2 aliphatic heterocycles. The van der Waals surface area contributed by atoms with Crippen LogP contribution >= 0.6 is 22.9 Å². The molecule has 0 aliphatic carbocycles. The molecule has 2 amide bonds. The Bertz CT molecular complexity index is 1150. The normalized spacial score (nSPS) is 21.5. The Morgan fingerprint density at radius 2 is 2.09 bits per heavy atom. The Morgan fingerprint density at radius 1 is 1.22 bits per heavy atom. The Kier molecular flexibility index (Phi) is 5.82. The lowest BCUT2D eigenvalue weighted by Gasteiger charge is -2.36. The lowest BCUT2D eigenvalue weighted by Crippen LogP contribution is -2.52. The zero-order chi connectivity index (χ0) is 22.1. The lowest BCUT2D eigenvalue weighted by atomic mass is 10.0. The minimum Gasteiger partial charge on any atom is -0.467 e. The molecule has 3 aromatic rings. The van der Waals surface area contributed by atoms with Gasteiger partial charge >= 0.3 is 0 Å². The summed E-state index contributed by atoms with van der Waals surface area (Å²) >= 11 is 7.97. The van der Waals surface area contributed by atoms with Gasteiger partial charge in [-0.2, -0.15) is 5.10 Å². The molecule has 2 aliphatic rings. The van der Waals surface area contributed by atoms with E-state index in [0.29, 0.717) is 35.9 Å². The summed E-state index contributed by atoms with van der Waals surface area (Å²) in [5, 5.41) is 11.5. The van der Waals surface area contributed by atoms with E-state index in [4.69, 9.17) is 16.0 Å². The van der Waals surface area contributed by atoms with E-state index >= 15 is 0 Å². The van der Waals surface area contributed by atoms with Gasteiger partial charge in [0.05, 0.1) is 23.4 Å². The number of halogens is 1. The molecule has 4 heterocycles. The van der Waals surface area contributed by atoms with E-state index in [0.717, 1.165) is 10.6 Å². The molecule has 9 heteroatoms. The predicted molar refractivity (Wildman–Crippen MR) is 123 cm³/mol. The number of nitrogens with one attached hydrogen (secondary N) is 1. The van der Waals surface area contributed by atoms with Gasteiger partial charge in [0.15, 0.2) is 0 Å². The standard InChI is InChI=1S/C23H21ClN4O3S/c24-16-6-2-1-5-15(16)22-23(30)25-9-10-27(22)14-21(29)28-18(19-7-3-11-31-19)13-17(26-28)20-8-4-12-32-20/h1-8,11-12,18,22H,9-10,13-14H2,(H,25,30). The first-order valence-electron chi connectivity index (χ1n) is 10.3. The van der Waals surface area contributed by atoms with E-state index in [-0.39, 0.29) is 24.4 Å². The van der Waals surface area contributed by atoms with Gasteiger partial charge in [-0.25, -0.2) is 5.01 Å². The minimum absolute atomic E-state index is 0.0434. The first-order chi connectivity index (χ1) is 15.6. The van der Waals surface area contributed by atoms with Crippen LogP contribution in [0.3, 0.4) is 0 Å². The smallest absolute Gasteiger partial charge is 0.257 e. The largest absolute Gasteiger partial charge is 0.467 e. The summed E-state index contributed by atoms with van der Waals surface area (Å²) in [6, 6.07) is 13.9. The zero-order valence-corrected chi connectivity index (χ0v) is 18.7. The number of thiophene rings is 1. The summed E-state index contributed by atoms with van der Waals surface area (Å²) in [6.45, 7) is 1.05. The number of carbonyl (C=O) groups is 2. The van der Waals surface area contributed by atoms with Gasteiger partial charge in [-0.05, 0) is 35.2 Å². The third-order valence-electron chi connectivity index (χ3n) is 5.69. The number of rotatable bonds is 5. The molecule has 1 fully saturated rings. The van der Waals surface area contributed by atoms with Crippen LogP contribution < -0.4 is 5.32 Å². The molecule has 0 saturated carbocycles. The molecule has 5 rings (SSSR count). The highest BCUT2D eigenvalue weighted by molar-refractivity contribution is 7.12. The second kappa shape index (κ2) is 8.90. The fraction of sp³-hybridized carbons (Fsp3) is 0.261.